The molecule has 0 radical (unpaired) electrons. The Labute approximate surface area is 148 Å². The largest absolute Gasteiger partial charge is 0.496 e. The first kappa shape index (κ1) is 18.8. The number of fused-ring (bicyclic) bond motifs is 1. The van der Waals surface area contributed by atoms with E-state index in [1.807, 2.05) is 6.92 Å². The number of carbonyl (C=O) groups excluding carboxylic acids is 2. The fraction of sp³-hybridized carbons (Fsp3) is 0.474. The third-order valence-corrected chi connectivity index (χ3v) is 4.68. The number of anilines is 1. The van der Waals surface area contributed by atoms with E-state index in [0.717, 1.165) is 12.0 Å². The molecule has 1 amide bonds. The van der Waals surface area contributed by atoms with Crippen LogP contribution in [0.3, 0.4) is 0 Å². The number of hydrogen-bond acceptors (Lipinski definition) is 5. The first-order chi connectivity index (χ1) is 11.9. The van der Waals surface area contributed by atoms with Crippen molar-refractivity contribution in [3.63, 3.8) is 0 Å². The topological polar surface area (TPSA) is 67.9 Å². The summed E-state index contributed by atoms with van der Waals surface area (Å²) >= 11 is 0. The monoisotopic (exact) mass is 346 g/mol. The Balaban J connectivity index is 2.62. The Morgan fingerprint density at radius 2 is 1.88 bits per heavy atom. The fourth-order valence-corrected chi connectivity index (χ4v) is 3.02. The van der Waals surface area contributed by atoms with Crippen molar-refractivity contribution in [1.29, 1.82) is 0 Å². The van der Waals surface area contributed by atoms with E-state index in [9.17, 15) is 9.59 Å². The average Bonchev–Trinajstić information content (AvgIpc) is 2.65. The van der Waals surface area contributed by atoms with Gasteiger partial charge >= 0.3 is 0 Å². The number of ketones is 1. The number of hydrogen-bond donors (Lipinski definition) is 1. The Morgan fingerprint density at radius 3 is 2.44 bits per heavy atom. The zero-order valence-electron chi connectivity index (χ0n) is 15.5. The quantitative estimate of drug-likeness (QED) is 0.888. The highest BCUT2D eigenvalue weighted by Gasteiger charge is 2.39. The molecule has 1 unspecified atom stereocenters. The molecule has 6 nitrogen and oxygen atoms in total. The molecule has 6 heteroatoms. The maximum Gasteiger partial charge on any atom is 0.247 e. The SMILES string of the molecule is CCCN1C(=O)/C=C/c2c(OC)ccc(OC)c2NCC1(C)C(C)=O. The number of nitrogens with zero attached hydrogens (tertiary/aromatic N) is 1. The maximum absolute atomic E-state index is 12.8. The van der Waals surface area contributed by atoms with Crippen molar-refractivity contribution in [3.8, 4) is 11.5 Å². The Morgan fingerprint density at radius 1 is 1.24 bits per heavy atom. The Kier molecular flexibility index (Phi) is 5.72. The summed E-state index contributed by atoms with van der Waals surface area (Å²) in [5.41, 5.74) is 0.476. The van der Waals surface area contributed by atoms with Crippen LogP contribution in [0.1, 0.15) is 32.8 Å². The van der Waals surface area contributed by atoms with Crippen LogP contribution in [0, 0.1) is 0 Å². The molecule has 0 aliphatic carbocycles. The third kappa shape index (κ3) is 3.48. The molecule has 0 aromatic heterocycles. The molecule has 0 saturated carbocycles. The van der Waals surface area contributed by atoms with Gasteiger partial charge in [-0.3, -0.25) is 9.59 Å². The number of methoxy groups -OCH3 is 2. The lowest BCUT2D eigenvalue weighted by molar-refractivity contribution is -0.140. The smallest absolute Gasteiger partial charge is 0.247 e. The van der Waals surface area contributed by atoms with Crippen molar-refractivity contribution in [2.45, 2.75) is 32.7 Å². The second-order valence-electron chi connectivity index (χ2n) is 6.27. The zero-order valence-corrected chi connectivity index (χ0v) is 15.5. The highest BCUT2D eigenvalue weighted by atomic mass is 16.5. The van der Waals surface area contributed by atoms with Crippen LogP contribution in [-0.2, 0) is 9.59 Å². The van der Waals surface area contributed by atoms with Crippen molar-refractivity contribution < 1.29 is 19.1 Å². The number of nitrogens with one attached hydrogen (secondary N) is 1. The van der Waals surface area contributed by atoms with Gasteiger partial charge in [-0.05, 0) is 38.5 Å². The minimum absolute atomic E-state index is 0.0690. The number of carbonyl (C=O) groups is 2. The van der Waals surface area contributed by atoms with Crippen molar-refractivity contribution >= 4 is 23.5 Å². The molecule has 25 heavy (non-hydrogen) atoms. The van der Waals surface area contributed by atoms with Gasteiger partial charge < -0.3 is 19.7 Å². The lowest BCUT2D eigenvalue weighted by Gasteiger charge is -2.39. The molecular formula is C19H26N2O4. The molecule has 1 aromatic rings. The lowest BCUT2D eigenvalue weighted by atomic mass is 9.94. The van der Waals surface area contributed by atoms with Gasteiger partial charge in [0.1, 0.15) is 17.0 Å². The van der Waals surface area contributed by atoms with Crippen LogP contribution in [0.15, 0.2) is 18.2 Å². The van der Waals surface area contributed by atoms with E-state index in [1.165, 1.54) is 13.0 Å². The van der Waals surface area contributed by atoms with E-state index in [4.69, 9.17) is 9.47 Å². The molecule has 0 fully saturated rings. The number of ether oxygens (including phenoxy) is 2. The molecular weight excluding hydrogens is 320 g/mol. The molecule has 0 spiro atoms. The Hall–Kier alpha value is -2.50. The zero-order chi connectivity index (χ0) is 18.6. The van der Waals surface area contributed by atoms with Gasteiger partial charge in [-0.1, -0.05) is 6.92 Å². The minimum atomic E-state index is -0.951. The molecule has 1 aliphatic heterocycles. The summed E-state index contributed by atoms with van der Waals surface area (Å²) in [4.78, 5) is 26.8. The molecule has 0 bridgehead atoms. The minimum Gasteiger partial charge on any atom is -0.496 e. The molecule has 0 saturated heterocycles. The van der Waals surface area contributed by atoms with E-state index in [1.54, 1.807) is 44.3 Å². The van der Waals surface area contributed by atoms with E-state index >= 15 is 0 Å². The summed E-state index contributed by atoms with van der Waals surface area (Å²) in [6, 6.07) is 3.59. The first-order valence-electron chi connectivity index (χ1n) is 8.38. The second-order valence-corrected chi connectivity index (χ2v) is 6.27. The molecule has 1 N–H and O–H groups in total. The molecule has 136 valence electrons. The second kappa shape index (κ2) is 7.59. The van der Waals surface area contributed by atoms with Crippen molar-refractivity contribution in [3.05, 3.63) is 23.8 Å². The van der Waals surface area contributed by atoms with E-state index in [-0.39, 0.29) is 18.2 Å². The predicted molar refractivity (Wildman–Crippen MR) is 98.2 cm³/mol. The van der Waals surface area contributed by atoms with Gasteiger partial charge in [0, 0.05) is 24.7 Å². The van der Waals surface area contributed by atoms with Crippen LogP contribution in [0.2, 0.25) is 0 Å². The standard InChI is InChI=1S/C19H26N2O4/c1-6-11-21-17(23)10-7-14-15(24-4)8-9-16(25-5)18(14)20-12-19(21,3)13(2)22/h7-10,20H,6,11-12H2,1-5H3/b10-7+. The summed E-state index contributed by atoms with van der Waals surface area (Å²) in [7, 11) is 3.16. The molecule has 2 rings (SSSR count). The van der Waals surface area contributed by atoms with E-state index < -0.39 is 5.54 Å². The number of benzene rings is 1. The normalized spacial score (nSPS) is 21.3. The van der Waals surface area contributed by atoms with Gasteiger partial charge in [0.25, 0.3) is 0 Å². The van der Waals surface area contributed by atoms with Crippen LogP contribution in [0.5, 0.6) is 11.5 Å². The molecule has 1 aromatic carbocycles. The summed E-state index contributed by atoms with van der Waals surface area (Å²) in [6.07, 6.45) is 3.97. The average molecular weight is 346 g/mol. The molecule has 1 aliphatic rings. The predicted octanol–water partition coefficient (Wildman–Crippen LogP) is 2.73. The highest BCUT2D eigenvalue weighted by Crippen LogP contribution is 2.37. The van der Waals surface area contributed by atoms with E-state index in [0.29, 0.717) is 23.7 Å². The van der Waals surface area contributed by atoms with Crippen LogP contribution in [0.4, 0.5) is 5.69 Å². The van der Waals surface area contributed by atoms with Crippen LogP contribution >= 0.6 is 0 Å². The number of Topliss-reactive ketones (excluding diaryl/α,β-unsaturated/α-hetero) is 1. The summed E-state index contributed by atoms with van der Waals surface area (Å²) < 4.78 is 10.9. The van der Waals surface area contributed by atoms with Gasteiger partial charge in [0.2, 0.25) is 5.91 Å². The fourth-order valence-electron chi connectivity index (χ4n) is 3.02. The van der Waals surface area contributed by atoms with E-state index in [2.05, 4.69) is 5.32 Å². The van der Waals surface area contributed by atoms with Crippen LogP contribution in [-0.4, -0.2) is 49.4 Å². The molecule has 1 atom stereocenters. The van der Waals surface area contributed by atoms with Crippen molar-refractivity contribution in [2.24, 2.45) is 0 Å². The van der Waals surface area contributed by atoms with Crippen LogP contribution in [0.25, 0.3) is 6.08 Å². The molecule has 1 heterocycles. The summed E-state index contributed by atoms with van der Waals surface area (Å²) in [5.74, 6) is 0.989. The highest BCUT2D eigenvalue weighted by molar-refractivity contribution is 5.99. The van der Waals surface area contributed by atoms with Gasteiger partial charge in [0.05, 0.1) is 19.9 Å². The maximum atomic E-state index is 12.8. The summed E-state index contributed by atoms with van der Waals surface area (Å²) in [6.45, 7) is 6.08. The van der Waals surface area contributed by atoms with Gasteiger partial charge in [-0.25, -0.2) is 0 Å². The Bertz CT molecular complexity index is 699. The van der Waals surface area contributed by atoms with Gasteiger partial charge in [-0.15, -0.1) is 0 Å². The number of rotatable bonds is 5. The summed E-state index contributed by atoms with van der Waals surface area (Å²) in [5, 5.41) is 3.31. The van der Waals surface area contributed by atoms with Gasteiger partial charge in [-0.2, -0.15) is 0 Å². The van der Waals surface area contributed by atoms with Crippen molar-refractivity contribution in [2.75, 3.05) is 32.6 Å². The lowest BCUT2D eigenvalue weighted by Crippen LogP contribution is -2.58. The van der Waals surface area contributed by atoms with Gasteiger partial charge in [0.15, 0.2) is 5.78 Å². The first-order valence-corrected chi connectivity index (χ1v) is 8.38. The number of amides is 1. The van der Waals surface area contributed by atoms with Crippen LogP contribution < -0.4 is 14.8 Å². The third-order valence-electron chi connectivity index (χ3n) is 4.68. The van der Waals surface area contributed by atoms with Crippen molar-refractivity contribution in [1.82, 2.24) is 4.90 Å².